The number of hydrogen-bond donors (Lipinski definition) is 1. The monoisotopic (exact) mass is 203 g/mol. The van der Waals surface area contributed by atoms with Gasteiger partial charge in [-0.15, -0.1) is 0 Å². The molecule has 15 heavy (non-hydrogen) atoms. The molecule has 1 aromatic rings. The zero-order valence-electron chi connectivity index (χ0n) is 9.07. The van der Waals surface area contributed by atoms with E-state index in [0.717, 1.165) is 30.9 Å². The molecule has 1 atom stereocenters. The Morgan fingerprint density at radius 1 is 1.27 bits per heavy atom. The minimum atomic E-state index is 0.0627. The molecule has 0 amide bonds. The van der Waals surface area contributed by atoms with Crippen molar-refractivity contribution in [1.82, 2.24) is 0 Å². The zero-order valence-corrected chi connectivity index (χ0v) is 9.07. The standard InChI is InChI=1S/C13H17NO/c1-9-6-13(7-9)8-11(14)10-4-2-3-5-12(10)15-13/h2-5,9,11H,6-8,14H2,1H3/t9?,11-,13?/m1/s1. The highest BCUT2D eigenvalue weighted by Crippen LogP contribution is 2.50. The van der Waals surface area contributed by atoms with Gasteiger partial charge < -0.3 is 10.5 Å². The Bertz CT molecular complexity index is 382. The molecule has 2 heteroatoms. The molecule has 2 N–H and O–H groups in total. The Labute approximate surface area is 90.4 Å². The second kappa shape index (κ2) is 2.99. The van der Waals surface area contributed by atoms with Crippen molar-refractivity contribution in [2.24, 2.45) is 11.7 Å². The van der Waals surface area contributed by atoms with E-state index in [-0.39, 0.29) is 11.6 Å². The largest absolute Gasteiger partial charge is 0.487 e. The smallest absolute Gasteiger partial charge is 0.124 e. The average Bonchev–Trinajstić information content (AvgIpc) is 2.16. The van der Waals surface area contributed by atoms with Gasteiger partial charge in [-0.05, 0) is 24.8 Å². The van der Waals surface area contributed by atoms with E-state index in [0.29, 0.717) is 0 Å². The van der Waals surface area contributed by atoms with Crippen LogP contribution in [0.2, 0.25) is 0 Å². The SMILES string of the molecule is CC1CC2(C1)C[C@@H](N)c1ccccc1O2. The summed E-state index contributed by atoms with van der Waals surface area (Å²) in [7, 11) is 0. The first-order chi connectivity index (χ1) is 7.19. The van der Waals surface area contributed by atoms with Gasteiger partial charge in [0.1, 0.15) is 11.4 Å². The van der Waals surface area contributed by atoms with E-state index >= 15 is 0 Å². The Kier molecular flexibility index (Phi) is 1.84. The van der Waals surface area contributed by atoms with Crippen LogP contribution < -0.4 is 10.5 Å². The highest BCUT2D eigenvalue weighted by Gasteiger charge is 2.48. The van der Waals surface area contributed by atoms with Crippen molar-refractivity contribution in [2.75, 3.05) is 0 Å². The van der Waals surface area contributed by atoms with Crippen LogP contribution in [0.1, 0.15) is 37.8 Å². The number of fused-ring (bicyclic) bond motifs is 1. The van der Waals surface area contributed by atoms with Crippen molar-refractivity contribution < 1.29 is 4.74 Å². The summed E-state index contributed by atoms with van der Waals surface area (Å²) in [4.78, 5) is 0. The number of nitrogens with two attached hydrogens (primary N) is 1. The van der Waals surface area contributed by atoms with Crippen LogP contribution in [0.15, 0.2) is 24.3 Å². The maximum absolute atomic E-state index is 6.20. The van der Waals surface area contributed by atoms with E-state index in [1.165, 1.54) is 5.56 Å². The molecule has 80 valence electrons. The van der Waals surface area contributed by atoms with Gasteiger partial charge in [0.2, 0.25) is 0 Å². The summed E-state index contributed by atoms with van der Waals surface area (Å²) in [5, 5.41) is 0. The van der Waals surface area contributed by atoms with Gasteiger partial charge in [0.25, 0.3) is 0 Å². The van der Waals surface area contributed by atoms with Crippen LogP contribution in [0.3, 0.4) is 0 Å². The quantitative estimate of drug-likeness (QED) is 0.703. The van der Waals surface area contributed by atoms with E-state index in [2.05, 4.69) is 13.0 Å². The van der Waals surface area contributed by atoms with Crippen LogP contribution in [0.25, 0.3) is 0 Å². The first kappa shape index (κ1) is 9.22. The summed E-state index contributed by atoms with van der Waals surface area (Å²) in [6.45, 7) is 2.28. The normalized spacial score (nSPS) is 38.0. The number of para-hydroxylation sites is 1. The van der Waals surface area contributed by atoms with Gasteiger partial charge in [0.15, 0.2) is 0 Å². The van der Waals surface area contributed by atoms with Crippen molar-refractivity contribution in [2.45, 2.75) is 37.8 Å². The molecule has 0 bridgehead atoms. The summed E-state index contributed by atoms with van der Waals surface area (Å²) in [6.07, 6.45) is 3.30. The lowest BCUT2D eigenvalue weighted by atomic mass is 9.67. The van der Waals surface area contributed by atoms with Crippen LogP contribution in [0.5, 0.6) is 5.75 Å². The Hall–Kier alpha value is -1.02. The molecule has 0 aromatic heterocycles. The molecule has 1 saturated carbocycles. The molecule has 1 fully saturated rings. The molecule has 3 rings (SSSR count). The molecule has 1 aliphatic carbocycles. The lowest BCUT2D eigenvalue weighted by Crippen LogP contribution is -2.52. The van der Waals surface area contributed by atoms with E-state index in [1.807, 2.05) is 18.2 Å². The van der Waals surface area contributed by atoms with Crippen molar-refractivity contribution in [1.29, 1.82) is 0 Å². The Balaban J connectivity index is 1.93. The summed E-state index contributed by atoms with van der Waals surface area (Å²) in [5.41, 5.74) is 7.43. The molecular formula is C13H17NO. The van der Waals surface area contributed by atoms with Gasteiger partial charge in [-0.3, -0.25) is 0 Å². The number of hydrogen-bond acceptors (Lipinski definition) is 2. The first-order valence-corrected chi connectivity index (χ1v) is 5.72. The van der Waals surface area contributed by atoms with Gasteiger partial charge >= 0.3 is 0 Å². The third-order valence-electron chi connectivity index (χ3n) is 3.68. The number of benzene rings is 1. The predicted molar refractivity (Wildman–Crippen MR) is 59.7 cm³/mol. The van der Waals surface area contributed by atoms with Crippen LogP contribution in [0.4, 0.5) is 0 Å². The van der Waals surface area contributed by atoms with Gasteiger partial charge in [0.05, 0.1) is 0 Å². The summed E-state index contributed by atoms with van der Waals surface area (Å²) < 4.78 is 6.12. The van der Waals surface area contributed by atoms with Crippen molar-refractivity contribution in [3.8, 4) is 5.75 Å². The van der Waals surface area contributed by atoms with Crippen LogP contribution in [-0.2, 0) is 0 Å². The minimum absolute atomic E-state index is 0.0627. The fraction of sp³-hybridized carbons (Fsp3) is 0.538. The van der Waals surface area contributed by atoms with Crippen molar-refractivity contribution >= 4 is 0 Å². The maximum atomic E-state index is 6.20. The maximum Gasteiger partial charge on any atom is 0.124 e. The van der Waals surface area contributed by atoms with E-state index in [9.17, 15) is 0 Å². The number of ether oxygens (including phenoxy) is 1. The lowest BCUT2D eigenvalue weighted by molar-refractivity contribution is -0.0657. The lowest BCUT2D eigenvalue weighted by Gasteiger charge is -2.50. The molecular weight excluding hydrogens is 186 g/mol. The van der Waals surface area contributed by atoms with Gasteiger partial charge in [-0.2, -0.15) is 0 Å². The molecule has 1 aromatic carbocycles. The van der Waals surface area contributed by atoms with Gasteiger partial charge in [0, 0.05) is 18.0 Å². The fourth-order valence-corrected chi connectivity index (χ4v) is 3.13. The predicted octanol–water partition coefficient (Wildman–Crippen LogP) is 2.64. The second-order valence-electron chi connectivity index (χ2n) is 5.15. The fourth-order valence-electron chi connectivity index (χ4n) is 3.13. The molecule has 2 nitrogen and oxygen atoms in total. The van der Waals surface area contributed by atoms with Gasteiger partial charge in [-0.25, -0.2) is 0 Å². The molecule has 1 heterocycles. The van der Waals surface area contributed by atoms with E-state index in [1.54, 1.807) is 0 Å². The molecule has 0 saturated heterocycles. The first-order valence-electron chi connectivity index (χ1n) is 5.72. The van der Waals surface area contributed by atoms with E-state index < -0.39 is 0 Å². The molecule has 0 unspecified atom stereocenters. The molecule has 0 radical (unpaired) electrons. The molecule has 1 spiro atoms. The Morgan fingerprint density at radius 2 is 2.00 bits per heavy atom. The highest BCUT2D eigenvalue weighted by molar-refractivity contribution is 5.39. The molecule has 1 aliphatic heterocycles. The Morgan fingerprint density at radius 3 is 2.73 bits per heavy atom. The van der Waals surface area contributed by atoms with E-state index in [4.69, 9.17) is 10.5 Å². The highest BCUT2D eigenvalue weighted by atomic mass is 16.5. The summed E-state index contributed by atoms with van der Waals surface area (Å²) >= 11 is 0. The summed E-state index contributed by atoms with van der Waals surface area (Å²) in [5.74, 6) is 1.80. The zero-order chi connectivity index (χ0) is 10.5. The third kappa shape index (κ3) is 1.36. The molecule has 2 aliphatic rings. The van der Waals surface area contributed by atoms with Gasteiger partial charge in [-0.1, -0.05) is 25.1 Å². The van der Waals surface area contributed by atoms with Crippen LogP contribution in [-0.4, -0.2) is 5.60 Å². The average molecular weight is 203 g/mol. The van der Waals surface area contributed by atoms with Crippen molar-refractivity contribution in [3.05, 3.63) is 29.8 Å². The van der Waals surface area contributed by atoms with Crippen LogP contribution >= 0.6 is 0 Å². The third-order valence-corrected chi connectivity index (χ3v) is 3.68. The minimum Gasteiger partial charge on any atom is -0.487 e. The van der Waals surface area contributed by atoms with Crippen LogP contribution in [0, 0.1) is 5.92 Å². The summed E-state index contributed by atoms with van der Waals surface area (Å²) in [6, 6.07) is 8.33. The topological polar surface area (TPSA) is 35.2 Å². The van der Waals surface area contributed by atoms with Crippen molar-refractivity contribution in [3.63, 3.8) is 0 Å². The second-order valence-corrected chi connectivity index (χ2v) is 5.15. The number of rotatable bonds is 0.